The number of pyridine rings is 1. The molecule has 1 aliphatic rings. The Morgan fingerprint density at radius 2 is 2.21 bits per heavy atom. The summed E-state index contributed by atoms with van der Waals surface area (Å²) < 4.78 is 13.1. The fraction of sp³-hybridized carbons (Fsp3) is 0.462. The zero-order chi connectivity index (χ0) is 13.8. The molecule has 0 spiro atoms. The third kappa shape index (κ3) is 3.27. The molecule has 1 unspecified atom stereocenters. The predicted octanol–water partition coefficient (Wildman–Crippen LogP) is 1.69. The highest BCUT2D eigenvalue weighted by molar-refractivity contribution is 5.94. The molecule has 0 aliphatic carbocycles. The number of likely N-dealkylation sites (tertiary alicyclic amines) is 1. The Kier molecular flexibility index (Phi) is 4.09. The molecule has 1 aromatic rings. The number of carboxylic acids is 1. The van der Waals surface area contributed by atoms with Crippen LogP contribution < -0.4 is 0 Å². The summed E-state index contributed by atoms with van der Waals surface area (Å²) in [6.07, 6.45) is 4.67. The van der Waals surface area contributed by atoms with Crippen LogP contribution in [0.15, 0.2) is 18.5 Å². The number of piperidine rings is 1. The Balaban J connectivity index is 2.17. The van der Waals surface area contributed by atoms with Crippen molar-refractivity contribution in [3.05, 3.63) is 29.8 Å². The van der Waals surface area contributed by atoms with E-state index in [1.165, 1.54) is 11.1 Å². The summed E-state index contributed by atoms with van der Waals surface area (Å²) in [5.74, 6) is -1.85. The van der Waals surface area contributed by atoms with Gasteiger partial charge in [0.25, 0.3) is 5.91 Å². The molecule has 5 nitrogen and oxygen atoms in total. The van der Waals surface area contributed by atoms with E-state index in [0.29, 0.717) is 13.0 Å². The lowest BCUT2D eigenvalue weighted by Gasteiger charge is -2.35. The van der Waals surface area contributed by atoms with Crippen LogP contribution in [0.3, 0.4) is 0 Å². The topological polar surface area (TPSA) is 70.5 Å². The number of aliphatic carboxylic acids is 1. The van der Waals surface area contributed by atoms with Crippen LogP contribution in [0.1, 0.15) is 36.0 Å². The fourth-order valence-corrected chi connectivity index (χ4v) is 2.38. The van der Waals surface area contributed by atoms with Crippen LogP contribution in [-0.4, -0.2) is 39.5 Å². The van der Waals surface area contributed by atoms with Gasteiger partial charge in [0.15, 0.2) is 0 Å². The summed E-state index contributed by atoms with van der Waals surface area (Å²) in [5, 5.41) is 8.87. The lowest BCUT2D eigenvalue weighted by atomic mass is 9.98. The van der Waals surface area contributed by atoms with Crippen LogP contribution in [-0.2, 0) is 4.79 Å². The molecule has 102 valence electrons. The maximum absolute atomic E-state index is 13.1. The van der Waals surface area contributed by atoms with Crippen molar-refractivity contribution >= 4 is 11.9 Å². The first-order valence-corrected chi connectivity index (χ1v) is 6.21. The number of hydrogen-bond acceptors (Lipinski definition) is 3. The van der Waals surface area contributed by atoms with E-state index < -0.39 is 11.8 Å². The normalized spacial score (nSPS) is 19.2. The Bertz CT molecular complexity index is 493. The van der Waals surface area contributed by atoms with Gasteiger partial charge in [-0.05, 0) is 25.3 Å². The van der Waals surface area contributed by atoms with Crippen molar-refractivity contribution in [1.82, 2.24) is 9.88 Å². The molecule has 2 heterocycles. The first-order valence-electron chi connectivity index (χ1n) is 6.21. The predicted molar refractivity (Wildman–Crippen MR) is 65.1 cm³/mol. The Hall–Kier alpha value is -1.98. The lowest BCUT2D eigenvalue weighted by molar-refractivity contribution is -0.138. The van der Waals surface area contributed by atoms with Crippen LogP contribution in [0.2, 0.25) is 0 Å². The highest BCUT2D eigenvalue weighted by atomic mass is 19.1. The van der Waals surface area contributed by atoms with Crippen LogP contribution >= 0.6 is 0 Å². The van der Waals surface area contributed by atoms with Gasteiger partial charge in [0.05, 0.1) is 18.2 Å². The Labute approximate surface area is 110 Å². The van der Waals surface area contributed by atoms with E-state index in [-0.39, 0.29) is 23.9 Å². The number of nitrogens with zero attached hydrogens (tertiary/aromatic N) is 2. The van der Waals surface area contributed by atoms with Gasteiger partial charge in [-0.25, -0.2) is 4.39 Å². The Morgan fingerprint density at radius 1 is 1.42 bits per heavy atom. The molecule has 19 heavy (non-hydrogen) atoms. The third-order valence-corrected chi connectivity index (χ3v) is 3.25. The average Bonchev–Trinajstić information content (AvgIpc) is 2.38. The van der Waals surface area contributed by atoms with Gasteiger partial charge in [-0.3, -0.25) is 14.6 Å². The van der Waals surface area contributed by atoms with Gasteiger partial charge in [0, 0.05) is 18.8 Å². The van der Waals surface area contributed by atoms with Crippen molar-refractivity contribution < 1.29 is 19.1 Å². The summed E-state index contributed by atoms with van der Waals surface area (Å²) in [6, 6.07) is 0.809. The zero-order valence-electron chi connectivity index (χ0n) is 10.4. The second-order valence-corrected chi connectivity index (χ2v) is 4.64. The number of rotatable bonds is 3. The van der Waals surface area contributed by atoms with Crippen molar-refractivity contribution in [2.24, 2.45) is 0 Å². The number of aromatic nitrogens is 1. The summed E-state index contributed by atoms with van der Waals surface area (Å²) >= 11 is 0. The summed E-state index contributed by atoms with van der Waals surface area (Å²) in [7, 11) is 0. The number of carbonyl (C=O) groups excluding carboxylic acids is 1. The fourth-order valence-electron chi connectivity index (χ4n) is 2.38. The molecule has 1 amide bonds. The summed E-state index contributed by atoms with van der Waals surface area (Å²) in [6.45, 7) is 0.507. The smallest absolute Gasteiger partial charge is 0.305 e. The summed E-state index contributed by atoms with van der Waals surface area (Å²) in [4.78, 5) is 28.3. The minimum Gasteiger partial charge on any atom is -0.481 e. The number of carboxylic acid groups (broad SMARTS) is 1. The molecule has 0 aromatic carbocycles. The standard InChI is InChI=1S/C13H15FN2O3/c14-10-5-9(7-15-8-10)13(19)16-4-2-1-3-11(16)6-12(17)18/h5,7-8,11H,1-4,6H2,(H,17,18). The first kappa shape index (κ1) is 13.5. The van der Waals surface area contributed by atoms with Crippen molar-refractivity contribution in [3.8, 4) is 0 Å². The number of amides is 1. The van der Waals surface area contributed by atoms with Crippen molar-refractivity contribution in [2.75, 3.05) is 6.54 Å². The van der Waals surface area contributed by atoms with Crippen LogP contribution in [0.5, 0.6) is 0 Å². The maximum atomic E-state index is 13.1. The highest BCUT2D eigenvalue weighted by Gasteiger charge is 2.29. The van der Waals surface area contributed by atoms with Gasteiger partial charge < -0.3 is 10.0 Å². The minimum atomic E-state index is -0.929. The monoisotopic (exact) mass is 266 g/mol. The molecule has 1 aliphatic heterocycles. The quantitative estimate of drug-likeness (QED) is 0.903. The molecule has 1 N–H and O–H groups in total. The highest BCUT2D eigenvalue weighted by Crippen LogP contribution is 2.22. The molecular weight excluding hydrogens is 251 g/mol. The SMILES string of the molecule is O=C(O)CC1CCCCN1C(=O)c1cncc(F)c1. The van der Waals surface area contributed by atoms with Gasteiger partial charge in [-0.1, -0.05) is 0 Å². The van der Waals surface area contributed by atoms with E-state index in [2.05, 4.69) is 4.98 Å². The van der Waals surface area contributed by atoms with Crippen molar-refractivity contribution in [3.63, 3.8) is 0 Å². The molecule has 0 saturated carbocycles. The second kappa shape index (κ2) is 5.77. The molecule has 6 heteroatoms. The molecule has 1 fully saturated rings. The molecule has 1 saturated heterocycles. The minimum absolute atomic E-state index is 0.0749. The zero-order valence-corrected chi connectivity index (χ0v) is 10.4. The van der Waals surface area contributed by atoms with Gasteiger partial charge in [-0.2, -0.15) is 0 Å². The molecular formula is C13H15FN2O3. The third-order valence-electron chi connectivity index (χ3n) is 3.25. The van der Waals surface area contributed by atoms with E-state index in [1.807, 2.05) is 0 Å². The molecule has 1 aromatic heterocycles. The van der Waals surface area contributed by atoms with E-state index in [0.717, 1.165) is 25.1 Å². The van der Waals surface area contributed by atoms with E-state index in [9.17, 15) is 14.0 Å². The number of carbonyl (C=O) groups is 2. The average molecular weight is 266 g/mol. The number of hydrogen-bond donors (Lipinski definition) is 1. The van der Waals surface area contributed by atoms with Crippen LogP contribution in [0.25, 0.3) is 0 Å². The van der Waals surface area contributed by atoms with Crippen molar-refractivity contribution in [1.29, 1.82) is 0 Å². The molecule has 1 atom stereocenters. The molecule has 0 bridgehead atoms. The van der Waals surface area contributed by atoms with Gasteiger partial charge in [-0.15, -0.1) is 0 Å². The summed E-state index contributed by atoms with van der Waals surface area (Å²) in [5.41, 5.74) is 0.164. The van der Waals surface area contributed by atoms with E-state index >= 15 is 0 Å². The van der Waals surface area contributed by atoms with E-state index in [1.54, 1.807) is 0 Å². The van der Waals surface area contributed by atoms with Gasteiger partial charge >= 0.3 is 5.97 Å². The van der Waals surface area contributed by atoms with Gasteiger partial charge in [0.2, 0.25) is 0 Å². The number of halogens is 1. The largest absolute Gasteiger partial charge is 0.481 e. The maximum Gasteiger partial charge on any atom is 0.305 e. The molecule has 2 rings (SSSR count). The molecule has 0 radical (unpaired) electrons. The van der Waals surface area contributed by atoms with E-state index in [4.69, 9.17) is 5.11 Å². The lowest BCUT2D eigenvalue weighted by Crippen LogP contribution is -2.44. The Morgan fingerprint density at radius 3 is 2.89 bits per heavy atom. The van der Waals surface area contributed by atoms with Crippen molar-refractivity contribution in [2.45, 2.75) is 31.7 Å². The van der Waals surface area contributed by atoms with Crippen LogP contribution in [0.4, 0.5) is 4.39 Å². The second-order valence-electron chi connectivity index (χ2n) is 4.64. The van der Waals surface area contributed by atoms with Crippen LogP contribution in [0, 0.1) is 5.82 Å². The van der Waals surface area contributed by atoms with Gasteiger partial charge in [0.1, 0.15) is 5.82 Å². The first-order chi connectivity index (χ1) is 9.08.